The summed E-state index contributed by atoms with van der Waals surface area (Å²) in [5.41, 5.74) is 1.10. The predicted molar refractivity (Wildman–Crippen MR) is 107 cm³/mol. The van der Waals surface area contributed by atoms with E-state index in [4.69, 9.17) is 0 Å². The van der Waals surface area contributed by atoms with Gasteiger partial charge in [0, 0.05) is 18.7 Å². The lowest BCUT2D eigenvalue weighted by molar-refractivity contribution is -0.121. The van der Waals surface area contributed by atoms with Gasteiger partial charge in [0.05, 0.1) is 28.4 Å². The lowest BCUT2D eigenvalue weighted by Gasteiger charge is -2.15. The van der Waals surface area contributed by atoms with Crippen molar-refractivity contribution in [1.29, 1.82) is 0 Å². The molecule has 0 aliphatic rings. The highest BCUT2D eigenvalue weighted by Gasteiger charge is 2.15. The lowest BCUT2D eigenvalue weighted by Crippen LogP contribution is -2.30. The number of fused-ring (bicyclic) bond motifs is 1. The van der Waals surface area contributed by atoms with Crippen LogP contribution in [0, 0.1) is 0 Å². The van der Waals surface area contributed by atoms with Gasteiger partial charge in [-0.05, 0) is 30.7 Å². The van der Waals surface area contributed by atoms with Crippen molar-refractivity contribution in [3.8, 4) is 0 Å². The topological polar surface area (TPSA) is 98.1 Å². The molecule has 0 saturated carbocycles. The summed E-state index contributed by atoms with van der Waals surface area (Å²) in [6.07, 6.45) is 1.18. The fraction of sp³-hybridized carbons (Fsp3) is 0.250. The minimum absolute atomic E-state index is 0.0282. The molecule has 0 fully saturated rings. The Balaban J connectivity index is 1.78. The third kappa shape index (κ3) is 4.12. The molecule has 7 nitrogen and oxygen atoms in total. The molecule has 2 aromatic carbocycles. The first-order valence-corrected chi connectivity index (χ1v) is 10.6. The van der Waals surface area contributed by atoms with Crippen molar-refractivity contribution >= 4 is 26.5 Å². The summed E-state index contributed by atoms with van der Waals surface area (Å²) in [5.74, 6) is -0.240. The minimum atomic E-state index is -3.26. The van der Waals surface area contributed by atoms with Crippen molar-refractivity contribution in [3.63, 3.8) is 0 Å². The van der Waals surface area contributed by atoms with Crippen molar-refractivity contribution < 1.29 is 13.2 Å². The summed E-state index contributed by atoms with van der Waals surface area (Å²) in [6, 6.07) is 13.2. The number of carbonyl (C=O) groups is 1. The maximum atomic E-state index is 12.5. The highest BCUT2D eigenvalue weighted by Crippen LogP contribution is 2.17. The van der Waals surface area contributed by atoms with Crippen LogP contribution in [0.1, 0.15) is 24.2 Å². The predicted octanol–water partition coefficient (Wildman–Crippen LogP) is 1.76. The van der Waals surface area contributed by atoms with Gasteiger partial charge in [-0.15, -0.1) is 0 Å². The Labute approximate surface area is 162 Å². The van der Waals surface area contributed by atoms with E-state index in [1.165, 1.54) is 16.8 Å². The molecule has 3 rings (SSSR count). The van der Waals surface area contributed by atoms with Gasteiger partial charge in [-0.2, -0.15) is 5.10 Å². The molecule has 0 bridgehead atoms. The zero-order valence-corrected chi connectivity index (χ0v) is 16.7. The van der Waals surface area contributed by atoms with E-state index in [-0.39, 0.29) is 28.8 Å². The quantitative estimate of drug-likeness (QED) is 0.705. The van der Waals surface area contributed by atoms with Crippen molar-refractivity contribution in [2.45, 2.75) is 24.3 Å². The van der Waals surface area contributed by atoms with E-state index in [9.17, 15) is 18.0 Å². The number of nitrogens with one attached hydrogen (secondary N) is 1. The Kier molecular flexibility index (Phi) is 5.33. The third-order valence-corrected chi connectivity index (χ3v) is 5.68. The Bertz CT molecular complexity index is 1200. The lowest BCUT2D eigenvalue weighted by atomic mass is 10.1. The number of rotatable bonds is 5. The highest BCUT2D eigenvalue weighted by atomic mass is 32.2. The molecule has 28 heavy (non-hydrogen) atoms. The summed E-state index contributed by atoms with van der Waals surface area (Å²) in [4.78, 5) is 24.9. The van der Waals surface area contributed by atoms with E-state index in [2.05, 4.69) is 10.4 Å². The fourth-order valence-corrected chi connectivity index (χ4v) is 3.67. The van der Waals surface area contributed by atoms with Gasteiger partial charge in [0.1, 0.15) is 0 Å². The molecule has 1 unspecified atom stereocenters. The minimum Gasteiger partial charge on any atom is -0.349 e. The van der Waals surface area contributed by atoms with Crippen LogP contribution in [-0.2, 0) is 28.1 Å². The Morgan fingerprint density at radius 3 is 2.32 bits per heavy atom. The summed E-state index contributed by atoms with van der Waals surface area (Å²) in [6.45, 7) is 1.82. The van der Waals surface area contributed by atoms with Gasteiger partial charge in [-0.1, -0.05) is 30.3 Å². The number of hydrogen-bond donors (Lipinski definition) is 1. The second-order valence-electron chi connectivity index (χ2n) is 6.73. The smallest absolute Gasteiger partial charge is 0.274 e. The Hall–Kier alpha value is -3.00. The maximum Gasteiger partial charge on any atom is 0.274 e. The van der Waals surface area contributed by atoms with E-state index < -0.39 is 9.84 Å². The van der Waals surface area contributed by atoms with Crippen LogP contribution in [-0.4, -0.2) is 30.4 Å². The number of carbonyl (C=O) groups excluding carboxylic acids is 1. The first-order valence-electron chi connectivity index (χ1n) is 8.71. The van der Waals surface area contributed by atoms with Gasteiger partial charge in [0.2, 0.25) is 5.91 Å². The monoisotopic (exact) mass is 399 g/mol. The fourth-order valence-electron chi connectivity index (χ4n) is 3.04. The summed E-state index contributed by atoms with van der Waals surface area (Å²) in [5, 5.41) is 8.30. The molecular formula is C20H21N3O4S. The summed E-state index contributed by atoms with van der Waals surface area (Å²) < 4.78 is 24.3. The molecule has 0 spiro atoms. The highest BCUT2D eigenvalue weighted by molar-refractivity contribution is 7.90. The first kappa shape index (κ1) is 19.8. The van der Waals surface area contributed by atoms with Gasteiger partial charge in [-0.3, -0.25) is 9.59 Å². The molecule has 1 aromatic heterocycles. The van der Waals surface area contributed by atoms with Crippen LogP contribution < -0.4 is 10.9 Å². The van der Waals surface area contributed by atoms with Crippen molar-refractivity contribution in [2.75, 3.05) is 6.26 Å². The van der Waals surface area contributed by atoms with Crippen molar-refractivity contribution in [1.82, 2.24) is 15.1 Å². The van der Waals surface area contributed by atoms with E-state index in [1.54, 1.807) is 43.4 Å². The van der Waals surface area contributed by atoms with Crippen LogP contribution in [0.2, 0.25) is 0 Å². The molecule has 0 aliphatic heterocycles. The van der Waals surface area contributed by atoms with Gasteiger partial charge in [-0.25, -0.2) is 13.1 Å². The van der Waals surface area contributed by atoms with Crippen LogP contribution in [0.5, 0.6) is 0 Å². The molecular weight excluding hydrogens is 378 g/mol. The Morgan fingerprint density at radius 2 is 1.71 bits per heavy atom. The van der Waals surface area contributed by atoms with E-state index in [1.807, 2.05) is 6.92 Å². The molecule has 146 valence electrons. The zero-order valence-electron chi connectivity index (χ0n) is 15.8. The second-order valence-corrected chi connectivity index (χ2v) is 8.74. The molecule has 1 amide bonds. The van der Waals surface area contributed by atoms with E-state index in [0.29, 0.717) is 16.5 Å². The SMILES string of the molecule is CC(NC(=O)Cc1nn(C)c(=O)c2ccccc12)c1ccc(S(C)(=O)=O)cc1. The summed E-state index contributed by atoms with van der Waals surface area (Å²) in [7, 11) is -1.70. The zero-order chi connectivity index (χ0) is 20.5. The van der Waals surface area contributed by atoms with Crippen molar-refractivity contribution in [2.24, 2.45) is 7.05 Å². The van der Waals surface area contributed by atoms with Crippen LogP contribution in [0.15, 0.2) is 58.2 Å². The molecule has 0 radical (unpaired) electrons. The van der Waals surface area contributed by atoms with Crippen LogP contribution in [0.3, 0.4) is 0 Å². The van der Waals surface area contributed by atoms with Crippen LogP contribution in [0.25, 0.3) is 10.8 Å². The van der Waals surface area contributed by atoms with Gasteiger partial charge in [0.25, 0.3) is 5.56 Å². The number of benzene rings is 2. The molecule has 1 N–H and O–H groups in total. The molecule has 1 heterocycles. The number of aromatic nitrogens is 2. The number of hydrogen-bond acceptors (Lipinski definition) is 5. The number of amides is 1. The largest absolute Gasteiger partial charge is 0.349 e. The van der Waals surface area contributed by atoms with Gasteiger partial charge >= 0.3 is 0 Å². The number of nitrogens with zero attached hydrogens (tertiary/aromatic N) is 2. The first-order chi connectivity index (χ1) is 13.2. The van der Waals surface area contributed by atoms with Crippen molar-refractivity contribution in [3.05, 3.63) is 70.1 Å². The summed E-state index contributed by atoms with van der Waals surface area (Å²) >= 11 is 0. The molecule has 3 aromatic rings. The van der Waals surface area contributed by atoms with Gasteiger partial charge in [0.15, 0.2) is 9.84 Å². The Morgan fingerprint density at radius 1 is 1.11 bits per heavy atom. The number of aryl methyl sites for hydroxylation is 1. The number of sulfone groups is 1. The normalized spacial score (nSPS) is 12.7. The van der Waals surface area contributed by atoms with Crippen LogP contribution >= 0.6 is 0 Å². The molecule has 1 atom stereocenters. The molecule has 0 saturated heterocycles. The average molecular weight is 399 g/mol. The van der Waals surface area contributed by atoms with Crippen LogP contribution in [0.4, 0.5) is 0 Å². The molecule has 8 heteroatoms. The molecule has 0 aliphatic carbocycles. The maximum absolute atomic E-state index is 12.5. The van der Waals surface area contributed by atoms with Gasteiger partial charge < -0.3 is 5.32 Å². The average Bonchev–Trinajstić information content (AvgIpc) is 2.65. The second kappa shape index (κ2) is 7.55. The van der Waals surface area contributed by atoms with E-state index >= 15 is 0 Å². The standard InChI is InChI=1S/C20H21N3O4S/c1-13(14-8-10-15(11-9-14)28(3,26)27)21-19(24)12-18-16-6-4-5-7-17(16)20(25)23(2)22-18/h4-11,13H,12H2,1-3H3,(H,21,24). The van der Waals surface area contributed by atoms with E-state index in [0.717, 1.165) is 11.8 Å². The third-order valence-electron chi connectivity index (χ3n) is 4.55.